The van der Waals surface area contributed by atoms with E-state index in [1.807, 2.05) is 0 Å². The van der Waals surface area contributed by atoms with Gasteiger partial charge in [0.15, 0.2) is 9.84 Å². The van der Waals surface area contributed by atoms with E-state index in [4.69, 9.17) is 4.74 Å². The number of benzene rings is 2. The van der Waals surface area contributed by atoms with E-state index >= 15 is 0 Å². The second kappa shape index (κ2) is 6.13. The van der Waals surface area contributed by atoms with Gasteiger partial charge in [0, 0.05) is 18.4 Å². The molecule has 0 bridgehead atoms. The molecule has 0 atom stereocenters. The molecule has 0 aliphatic rings. The molecule has 0 saturated heterocycles. The molecule has 0 amide bonds. The van der Waals surface area contributed by atoms with Gasteiger partial charge in [0.1, 0.15) is 5.82 Å². The van der Waals surface area contributed by atoms with Gasteiger partial charge in [-0.15, -0.1) is 0 Å². The molecule has 120 valence electrons. The Morgan fingerprint density at radius 2 is 1.91 bits per heavy atom. The van der Waals surface area contributed by atoms with E-state index in [1.165, 1.54) is 18.2 Å². The average Bonchev–Trinajstić information content (AvgIpc) is 2.46. The molecule has 23 heavy (non-hydrogen) atoms. The molecule has 0 aromatic heterocycles. The highest BCUT2D eigenvalue weighted by molar-refractivity contribution is 7.90. The molecule has 0 heterocycles. The van der Waals surface area contributed by atoms with Crippen LogP contribution in [0.5, 0.6) is 5.75 Å². The zero-order valence-electron chi connectivity index (χ0n) is 11.7. The molecule has 0 N–H and O–H groups in total. The van der Waals surface area contributed by atoms with Crippen molar-refractivity contribution in [1.82, 2.24) is 0 Å². The Bertz CT molecular complexity index is 894. The molecule has 2 aromatic carbocycles. The first kappa shape index (κ1) is 16.6. The molecule has 0 aliphatic carbocycles. The Morgan fingerprint density at radius 1 is 1.22 bits per heavy atom. The number of hydrogen-bond donors (Lipinski definition) is 0. The number of sulfone groups is 1. The predicted octanol–water partition coefficient (Wildman–Crippen LogP) is 2.36. The fourth-order valence-electron chi connectivity index (χ4n) is 1.73. The summed E-state index contributed by atoms with van der Waals surface area (Å²) in [5, 5.41) is 10.8. The van der Waals surface area contributed by atoms with E-state index < -0.39 is 38.0 Å². The van der Waals surface area contributed by atoms with Crippen LogP contribution in [-0.2, 0) is 9.84 Å². The van der Waals surface area contributed by atoms with E-state index in [2.05, 4.69) is 0 Å². The molecule has 2 aromatic rings. The van der Waals surface area contributed by atoms with E-state index in [0.717, 1.165) is 24.5 Å². The maximum Gasteiger partial charge on any atom is 0.343 e. The zero-order chi connectivity index (χ0) is 17.2. The van der Waals surface area contributed by atoms with E-state index in [9.17, 15) is 27.7 Å². The highest BCUT2D eigenvalue weighted by Gasteiger charge is 2.20. The van der Waals surface area contributed by atoms with Gasteiger partial charge in [0.2, 0.25) is 5.75 Å². The topological polar surface area (TPSA) is 104 Å². The summed E-state index contributed by atoms with van der Waals surface area (Å²) < 4.78 is 40.9. The highest BCUT2D eigenvalue weighted by Crippen LogP contribution is 2.28. The average molecular weight is 339 g/mol. The standard InChI is InChI=1S/C14H10FNO6S/c1-23(20,21)11-4-2-3-9(7-11)14(17)22-13-8-10(15)5-6-12(13)16(18)19/h2-8H,1H3. The van der Waals surface area contributed by atoms with Crippen LogP contribution in [0.15, 0.2) is 47.4 Å². The van der Waals surface area contributed by atoms with Crippen molar-refractivity contribution < 1.29 is 27.3 Å². The second-order valence-corrected chi connectivity index (χ2v) is 6.57. The molecule has 0 fully saturated rings. The molecule has 7 nitrogen and oxygen atoms in total. The van der Waals surface area contributed by atoms with Crippen LogP contribution in [0.3, 0.4) is 0 Å². The van der Waals surface area contributed by atoms with Crippen molar-refractivity contribution in [3.8, 4) is 5.75 Å². The Morgan fingerprint density at radius 3 is 2.52 bits per heavy atom. The fraction of sp³-hybridized carbons (Fsp3) is 0.0714. The van der Waals surface area contributed by atoms with Crippen molar-refractivity contribution in [2.24, 2.45) is 0 Å². The van der Waals surface area contributed by atoms with Crippen LogP contribution in [0.25, 0.3) is 0 Å². The maximum atomic E-state index is 13.2. The largest absolute Gasteiger partial charge is 0.415 e. The first-order chi connectivity index (χ1) is 10.7. The van der Waals surface area contributed by atoms with Crippen LogP contribution in [-0.4, -0.2) is 25.6 Å². The minimum Gasteiger partial charge on any atom is -0.415 e. The summed E-state index contributed by atoms with van der Waals surface area (Å²) in [6, 6.07) is 7.40. The number of halogens is 1. The summed E-state index contributed by atoms with van der Waals surface area (Å²) >= 11 is 0. The van der Waals surface area contributed by atoms with Gasteiger partial charge in [-0.05, 0) is 24.3 Å². The Balaban J connectivity index is 2.37. The van der Waals surface area contributed by atoms with Crippen LogP contribution >= 0.6 is 0 Å². The van der Waals surface area contributed by atoms with Crippen molar-refractivity contribution in [3.63, 3.8) is 0 Å². The summed E-state index contributed by atoms with van der Waals surface area (Å²) in [4.78, 5) is 21.9. The number of esters is 1. The summed E-state index contributed by atoms with van der Waals surface area (Å²) in [6.45, 7) is 0. The summed E-state index contributed by atoms with van der Waals surface area (Å²) in [6.07, 6.45) is 0.967. The molecule has 0 spiro atoms. The maximum absolute atomic E-state index is 13.2. The second-order valence-electron chi connectivity index (χ2n) is 4.56. The normalized spacial score (nSPS) is 11.0. The number of nitro benzene ring substituents is 1. The summed E-state index contributed by atoms with van der Waals surface area (Å²) in [7, 11) is -3.54. The van der Waals surface area contributed by atoms with Crippen LogP contribution in [0.2, 0.25) is 0 Å². The molecular formula is C14H10FNO6S. The summed E-state index contributed by atoms with van der Waals surface area (Å²) in [5.74, 6) is -2.42. The molecule has 0 unspecified atom stereocenters. The quantitative estimate of drug-likeness (QED) is 0.366. The lowest BCUT2D eigenvalue weighted by atomic mass is 10.2. The number of hydrogen-bond acceptors (Lipinski definition) is 6. The number of carbonyl (C=O) groups excluding carboxylic acids is 1. The zero-order valence-corrected chi connectivity index (χ0v) is 12.5. The lowest BCUT2D eigenvalue weighted by molar-refractivity contribution is -0.385. The lowest BCUT2D eigenvalue weighted by Crippen LogP contribution is -2.11. The molecule has 0 aliphatic heterocycles. The first-order valence-corrected chi connectivity index (χ1v) is 8.04. The Hall–Kier alpha value is -2.81. The van der Waals surface area contributed by atoms with Crippen molar-refractivity contribution in [2.45, 2.75) is 4.90 Å². The Kier molecular flexibility index (Phi) is 4.41. The third kappa shape index (κ3) is 3.89. The molecule has 0 radical (unpaired) electrons. The van der Waals surface area contributed by atoms with Crippen LogP contribution < -0.4 is 4.74 Å². The van der Waals surface area contributed by atoms with Gasteiger partial charge in [0.05, 0.1) is 15.4 Å². The number of carbonyl (C=O) groups is 1. The van der Waals surface area contributed by atoms with Crippen LogP contribution in [0.1, 0.15) is 10.4 Å². The fourth-order valence-corrected chi connectivity index (χ4v) is 2.40. The number of rotatable bonds is 4. The van der Waals surface area contributed by atoms with Crippen molar-refractivity contribution >= 4 is 21.5 Å². The van der Waals surface area contributed by atoms with Gasteiger partial charge < -0.3 is 4.74 Å². The van der Waals surface area contributed by atoms with Crippen LogP contribution in [0, 0.1) is 15.9 Å². The van der Waals surface area contributed by atoms with E-state index in [1.54, 1.807) is 0 Å². The lowest BCUT2D eigenvalue weighted by Gasteiger charge is -2.06. The summed E-state index contributed by atoms with van der Waals surface area (Å²) in [5.41, 5.74) is -0.717. The SMILES string of the molecule is CS(=O)(=O)c1cccc(C(=O)Oc2cc(F)ccc2[N+](=O)[O-])c1. The molecule has 9 heteroatoms. The Labute approximate surface area is 130 Å². The van der Waals surface area contributed by atoms with Gasteiger partial charge in [-0.25, -0.2) is 17.6 Å². The van der Waals surface area contributed by atoms with E-state index in [-0.39, 0.29) is 10.5 Å². The van der Waals surface area contributed by atoms with Gasteiger partial charge in [-0.1, -0.05) is 6.07 Å². The number of nitro groups is 1. The van der Waals surface area contributed by atoms with E-state index in [0.29, 0.717) is 6.07 Å². The highest BCUT2D eigenvalue weighted by atomic mass is 32.2. The molecule has 0 saturated carbocycles. The van der Waals surface area contributed by atoms with Crippen molar-refractivity contribution in [2.75, 3.05) is 6.26 Å². The van der Waals surface area contributed by atoms with Crippen LogP contribution in [0.4, 0.5) is 10.1 Å². The van der Waals surface area contributed by atoms with Crippen molar-refractivity contribution in [3.05, 3.63) is 64.0 Å². The van der Waals surface area contributed by atoms with Gasteiger partial charge in [0.25, 0.3) is 0 Å². The minimum absolute atomic E-state index is 0.110. The number of nitrogens with zero attached hydrogens (tertiary/aromatic N) is 1. The van der Waals surface area contributed by atoms with Gasteiger partial charge in [-0.2, -0.15) is 0 Å². The first-order valence-electron chi connectivity index (χ1n) is 6.15. The predicted molar refractivity (Wildman–Crippen MR) is 77.6 cm³/mol. The third-order valence-corrected chi connectivity index (χ3v) is 3.93. The van der Waals surface area contributed by atoms with Gasteiger partial charge >= 0.3 is 11.7 Å². The molecule has 2 rings (SSSR count). The smallest absolute Gasteiger partial charge is 0.343 e. The monoisotopic (exact) mass is 339 g/mol. The third-order valence-electron chi connectivity index (χ3n) is 2.82. The molecular weight excluding hydrogens is 329 g/mol. The van der Waals surface area contributed by atoms with Crippen molar-refractivity contribution in [1.29, 1.82) is 0 Å². The number of ether oxygens (including phenoxy) is 1. The minimum atomic E-state index is -3.54. The van der Waals surface area contributed by atoms with Gasteiger partial charge in [-0.3, -0.25) is 10.1 Å².